The van der Waals surface area contributed by atoms with Crippen LogP contribution in [0, 0.1) is 6.92 Å². The van der Waals surface area contributed by atoms with Gasteiger partial charge in [-0.15, -0.1) is 0 Å². The zero-order chi connectivity index (χ0) is 18.2. The van der Waals surface area contributed by atoms with Gasteiger partial charge in [-0.2, -0.15) is 4.98 Å². The highest BCUT2D eigenvalue weighted by atomic mass is 16.7. The first-order valence-electron chi connectivity index (χ1n) is 8.58. The second-order valence-electron chi connectivity index (χ2n) is 6.34. The minimum absolute atomic E-state index is 0.263. The van der Waals surface area contributed by atoms with Crippen LogP contribution in [0.25, 0.3) is 22.4 Å². The van der Waals surface area contributed by atoms with E-state index in [1.807, 2.05) is 49.4 Å². The molecule has 0 radical (unpaired) electrons. The Morgan fingerprint density at radius 3 is 2.74 bits per heavy atom. The van der Waals surface area contributed by atoms with E-state index in [-0.39, 0.29) is 6.79 Å². The van der Waals surface area contributed by atoms with Crippen molar-refractivity contribution >= 4 is 16.9 Å². The van der Waals surface area contributed by atoms with Crippen LogP contribution in [0.3, 0.4) is 0 Å². The number of hydrogen-bond donors (Lipinski definition) is 1. The molecule has 3 heterocycles. The monoisotopic (exact) mass is 360 g/mol. The number of nitrogens with one attached hydrogen (secondary N) is 1. The van der Waals surface area contributed by atoms with E-state index >= 15 is 0 Å². The van der Waals surface area contributed by atoms with Gasteiger partial charge in [0.05, 0.1) is 0 Å². The van der Waals surface area contributed by atoms with Gasteiger partial charge in [-0.25, -0.2) is 4.98 Å². The van der Waals surface area contributed by atoms with Gasteiger partial charge in [0.1, 0.15) is 23.2 Å². The second kappa shape index (κ2) is 6.28. The summed E-state index contributed by atoms with van der Waals surface area (Å²) in [4.78, 5) is 8.58. The molecule has 5 rings (SSSR count). The van der Waals surface area contributed by atoms with Crippen molar-refractivity contribution in [2.45, 2.75) is 13.5 Å². The van der Waals surface area contributed by atoms with Crippen molar-refractivity contribution in [1.82, 2.24) is 15.1 Å². The van der Waals surface area contributed by atoms with Crippen molar-refractivity contribution in [1.29, 1.82) is 0 Å². The lowest BCUT2D eigenvalue weighted by Crippen LogP contribution is -2.02. The van der Waals surface area contributed by atoms with Gasteiger partial charge in [0.25, 0.3) is 5.71 Å². The average molecular weight is 360 g/mol. The molecule has 1 aliphatic heterocycles. The predicted molar refractivity (Wildman–Crippen MR) is 99.7 cm³/mol. The summed E-state index contributed by atoms with van der Waals surface area (Å²) < 4.78 is 16.2. The van der Waals surface area contributed by atoms with Crippen LogP contribution in [0.15, 0.2) is 53.3 Å². The number of rotatable bonds is 4. The maximum atomic E-state index is 5.43. The Bertz CT molecular complexity index is 1120. The summed E-state index contributed by atoms with van der Waals surface area (Å²) in [7, 11) is 0. The molecule has 0 amide bonds. The summed E-state index contributed by atoms with van der Waals surface area (Å²) in [5, 5.41) is 8.33. The number of ether oxygens (including phenoxy) is 2. The number of benzene rings is 2. The number of nitrogens with zero attached hydrogens (tertiary/aromatic N) is 3. The first-order valence-corrected chi connectivity index (χ1v) is 8.58. The molecular formula is C20H16N4O3. The lowest BCUT2D eigenvalue weighted by atomic mass is 10.1. The summed E-state index contributed by atoms with van der Waals surface area (Å²) >= 11 is 0. The Balaban J connectivity index is 1.48. The molecule has 2 aromatic carbocycles. The number of anilines is 1. The molecule has 27 heavy (non-hydrogen) atoms. The molecule has 4 aromatic rings. The molecule has 0 unspecified atom stereocenters. The van der Waals surface area contributed by atoms with Crippen molar-refractivity contribution in [3.63, 3.8) is 0 Å². The Morgan fingerprint density at radius 1 is 1.00 bits per heavy atom. The predicted octanol–water partition coefficient (Wildman–Crippen LogP) is 3.93. The summed E-state index contributed by atoms with van der Waals surface area (Å²) in [6.07, 6.45) is 1.47. The van der Waals surface area contributed by atoms with Crippen molar-refractivity contribution in [3.05, 3.63) is 59.9 Å². The van der Waals surface area contributed by atoms with Gasteiger partial charge in [-0.3, -0.25) is 0 Å². The van der Waals surface area contributed by atoms with Gasteiger partial charge in [-0.1, -0.05) is 41.1 Å². The van der Waals surface area contributed by atoms with E-state index in [1.54, 1.807) is 0 Å². The molecule has 0 bridgehead atoms. The first-order chi connectivity index (χ1) is 13.3. The lowest BCUT2D eigenvalue weighted by Gasteiger charge is -2.08. The molecule has 1 N–H and O–H groups in total. The third-order valence-electron chi connectivity index (χ3n) is 4.49. The van der Waals surface area contributed by atoms with Gasteiger partial charge in [0.15, 0.2) is 11.5 Å². The highest BCUT2D eigenvalue weighted by molar-refractivity contribution is 5.97. The number of fused-ring (bicyclic) bond motifs is 2. The SMILES string of the molecule is Cc1ccc(-c2noc3ncnc(NCc4ccc5c(c4)OCO5)c23)cc1. The standard InChI is InChI=1S/C20H16N4O3/c1-12-2-5-14(6-3-12)18-17-19(22-10-23-20(17)27-24-18)21-9-13-4-7-15-16(8-13)26-11-25-15/h2-8,10H,9,11H2,1H3,(H,21,22,23). The van der Waals surface area contributed by atoms with Gasteiger partial charge in [0, 0.05) is 12.1 Å². The number of aromatic nitrogens is 3. The molecule has 0 aliphatic carbocycles. The van der Waals surface area contributed by atoms with Crippen molar-refractivity contribution < 1.29 is 14.0 Å². The molecule has 2 aromatic heterocycles. The Labute approximate surface area is 154 Å². The van der Waals surface area contributed by atoms with Crippen LogP contribution >= 0.6 is 0 Å². The van der Waals surface area contributed by atoms with Crippen LogP contribution in [-0.4, -0.2) is 21.9 Å². The summed E-state index contributed by atoms with van der Waals surface area (Å²) in [5.74, 6) is 2.20. The molecule has 0 saturated carbocycles. The quantitative estimate of drug-likeness (QED) is 0.590. The maximum Gasteiger partial charge on any atom is 0.263 e. The fourth-order valence-electron chi connectivity index (χ4n) is 3.07. The van der Waals surface area contributed by atoms with Crippen LogP contribution in [0.5, 0.6) is 11.5 Å². The molecular weight excluding hydrogens is 344 g/mol. The maximum absolute atomic E-state index is 5.43. The van der Waals surface area contributed by atoms with Crippen LogP contribution in [0.1, 0.15) is 11.1 Å². The largest absolute Gasteiger partial charge is 0.454 e. The number of hydrogen-bond acceptors (Lipinski definition) is 7. The van der Waals surface area contributed by atoms with Crippen molar-refractivity contribution in [3.8, 4) is 22.8 Å². The van der Waals surface area contributed by atoms with E-state index in [9.17, 15) is 0 Å². The van der Waals surface area contributed by atoms with Crippen LogP contribution in [-0.2, 0) is 6.54 Å². The van der Waals surface area contributed by atoms with Crippen LogP contribution in [0.4, 0.5) is 5.82 Å². The molecule has 0 saturated heterocycles. The van der Waals surface area contributed by atoms with Crippen LogP contribution < -0.4 is 14.8 Å². The van der Waals surface area contributed by atoms with E-state index in [4.69, 9.17) is 14.0 Å². The second-order valence-corrected chi connectivity index (χ2v) is 6.34. The molecule has 134 valence electrons. The topological polar surface area (TPSA) is 82.3 Å². The minimum Gasteiger partial charge on any atom is -0.454 e. The molecule has 0 fully saturated rings. The smallest absolute Gasteiger partial charge is 0.263 e. The average Bonchev–Trinajstić information content (AvgIpc) is 3.33. The highest BCUT2D eigenvalue weighted by Crippen LogP contribution is 2.34. The summed E-state index contributed by atoms with van der Waals surface area (Å²) in [5.41, 5.74) is 4.37. The van der Waals surface area contributed by atoms with E-state index in [2.05, 4.69) is 20.4 Å². The normalized spacial score (nSPS) is 12.5. The fourth-order valence-corrected chi connectivity index (χ4v) is 3.07. The zero-order valence-corrected chi connectivity index (χ0v) is 14.6. The van der Waals surface area contributed by atoms with Gasteiger partial charge < -0.3 is 19.3 Å². The van der Waals surface area contributed by atoms with E-state index in [0.717, 1.165) is 33.7 Å². The molecule has 1 aliphatic rings. The van der Waals surface area contributed by atoms with Gasteiger partial charge in [-0.05, 0) is 24.6 Å². The lowest BCUT2D eigenvalue weighted by molar-refractivity contribution is 0.174. The third-order valence-corrected chi connectivity index (χ3v) is 4.49. The van der Waals surface area contributed by atoms with E-state index in [1.165, 1.54) is 11.9 Å². The summed E-state index contributed by atoms with van der Waals surface area (Å²) in [6.45, 7) is 2.88. The molecule has 0 spiro atoms. The number of aryl methyl sites for hydroxylation is 1. The Hall–Kier alpha value is -3.61. The van der Waals surface area contributed by atoms with Crippen molar-refractivity contribution in [2.24, 2.45) is 0 Å². The zero-order valence-electron chi connectivity index (χ0n) is 14.6. The Kier molecular flexibility index (Phi) is 3.64. The van der Waals surface area contributed by atoms with Gasteiger partial charge in [0.2, 0.25) is 6.79 Å². The summed E-state index contributed by atoms with van der Waals surface area (Å²) in [6, 6.07) is 14.0. The first kappa shape index (κ1) is 15.6. The van der Waals surface area contributed by atoms with E-state index < -0.39 is 0 Å². The molecule has 0 atom stereocenters. The third kappa shape index (κ3) is 2.83. The highest BCUT2D eigenvalue weighted by Gasteiger charge is 2.17. The van der Waals surface area contributed by atoms with Crippen molar-refractivity contribution in [2.75, 3.05) is 12.1 Å². The van der Waals surface area contributed by atoms with Crippen LogP contribution in [0.2, 0.25) is 0 Å². The molecule has 7 heteroatoms. The fraction of sp³-hybridized carbons (Fsp3) is 0.150. The van der Waals surface area contributed by atoms with Gasteiger partial charge >= 0.3 is 0 Å². The Morgan fingerprint density at radius 2 is 1.85 bits per heavy atom. The van der Waals surface area contributed by atoms with E-state index in [0.29, 0.717) is 18.1 Å². The minimum atomic E-state index is 0.263. The molecule has 7 nitrogen and oxygen atoms in total.